The molecule has 5 nitrogen and oxygen atoms in total. The summed E-state index contributed by atoms with van der Waals surface area (Å²) in [4.78, 5) is 25.5. The van der Waals surface area contributed by atoms with E-state index in [0.29, 0.717) is 37.4 Å². The van der Waals surface area contributed by atoms with Crippen molar-refractivity contribution in [2.45, 2.75) is 32.3 Å². The number of aryl methyl sites for hydroxylation is 1. The summed E-state index contributed by atoms with van der Waals surface area (Å²) in [6, 6.07) is 7.36. The average Bonchev–Trinajstić information content (AvgIpc) is 2.58. The highest BCUT2D eigenvalue weighted by molar-refractivity contribution is 6.31. The quantitative estimate of drug-likeness (QED) is 0.817. The lowest BCUT2D eigenvalue weighted by molar-refractivity contribution is -0.132. The van der Waals surface area contributed by atoms with Crippen molar-refractivity contribution in [3.63, 3.8) is 0 Å². The topological polar surface area (TPSA) is 59.8 Å². The maximum Gasteiger partial charge on any atom is 0.339 e. The molecule has 1 aliphatic heterocycles. The molecule has 1 aromatic heterocycles. The summed E-state index contributed by atoms with van der Waals surface area (Å²) >= 11 is 5.99. The van der Waals surface area contributed by atoms with Crippen molar-refractivity contribution in [3.8, 4) is 5.75 Å². The zero-order chi connectivity index (χ0) is 18.7. The second kappa shape index (κ2) is 7.91. The Morgan fingerprint density at radius 2 is 2.08 bits per heavy atom. The third-order valence-electron chi connectivity index (χ3n) is 4.35. The van der Waals surface area contributed by atoms with Crippen molar-refractivity contribution < 1.29 is 18.3 Å². The van der Waals surface area contributed by atoms with E-state index in [9.17, 15) is 14.0 Å². The summed E-state index contributed by atoms with van der Waals surface area (Å²) < 4.78 is 24.6. The lowest BCUT2D eigenvalue weighted by Gasteiger charge is -2.32. The highest BCUT2D eigenvalue weighted by Crippen LogP contribution is 2.22. The average molecular weight is 380 g/mol. The van der Waals surface area contributed by atoms with Crippen LogP contribution >= 0.6 is 11.6 Å². The van der Waals surface area contributed by atoms with E-state index in [-0.39, 0.29) is 29.0 Å². The van der Waals surface area contributed by atoms with Crippen LogP contribution < -0.4 is 10.4 Å². The summed E-state index contributed by atoms with van der Waals surface area (Å²) in [6.45, 7) is 2.70. The number of amides is 1. The lowest BCUT2D eigenvalue weighted by atomic mass is 10.1. The number of hydrogen-bond donors (Lipinski definition) is 0. The van der Waals surface area contributed by atoms with Gasteiger partial charge in [0.15, 0.2) is 0 Å². The standard InChI is InChI=1S/C19H19ClFNO4/c1-12-9-14(10-19(24)25-12)26-13-5-7-22(8-6-13)18(23)11-15-16(20)3-2-4-17(15)21/h2-4,9-10,13H,5-8,11H2,1H3. The maximum absolute atomic E-state index is 13.8. The first-order valence-corrected chi connectivity index (χ1v) is 8.79. The van der Waals surface area contributed by atoms with Gasteiger partial charge in [0.05, 0.1) is 12.5 Å². The molecule has 0 bridgehead atoms. The fourth-order valence-corrected chi connectivity index (χ4v) is 3.25. The Bertz CT molecular complexity index is 839. The fourth-order valence-electron chi connectivity index (χ4n) is 3.02. The van der Waals surface area contributed by atoms with Gasteiger partial charge in [-0.05, 0) is 19.1 Å². The molecule has 1 saturated heterocycles. The van der Waals surface area contributed by atoms with Gasteiger partial charge in [0.1, 0.15) is 23.4 Å². The van der Waals surface area contributed by atoms with E-state index in [2.05, 4.69) is 0 Å². The van der Waals surface area contributed by atoms with Crippen LogP contribution in [0.15, 0.2) is 39.5 Å². The van der Waals surface area contributed by atoms with Gasteiger partial charge in [-0.1, -0.05) is 17.7 Å². The highest BCUT2D eigenvalue weighted by atomic mass is 35.5. The van der Waals surface area contributed by atoms with E-state index in [1.54, 1.807) is 24.0 Å². The molecule has 0 N–H and O–H groups in total. The minimum atomic E-state index is -0.470. The van der Waals surface area contributed by atoms with Gasteiger partial charge in [-0.15, -0.1) is 0 Å². The minimum absolute atomic E-state index is 0.0596. The third-order valence-corrected chi connectivity index (χ3v) is 4.71. The summed E-state index contributed by atoms with van der Waals surface area (Å²) in [5.41, 5.74) is -0.224. The van der Waals surface area contributed by atoms with Crippen LogP contribution in [-0.2, 0) is 11.2 Å². The molecule has 2 heterocycles. The van der Waals surface area contributed by atoms with Crippen LogP contribution in [0, 0.1) is 12.7 Å². The van der Waals surface area contributed by atoms with Crippen molar-refractivity contribution >= 4 is 17.5 Å². The van der Waals surface area contributed by atoms with Gasteiger partial charge >= 0.3 is 5.63 Å². The van der Waals surface area contributed by atoms with Gasteiger partial charge in [-0.3, -0.25) is 4.79 Å². The molecule has 26 heavy (non-hydrogen) atoms. The fraction of sp³-hybridized carbons (Fsp3) is 0.368. The van der Waals surface area contributed by atoms with E-state index in [4.69, 9.17) is 20.8 Å². The Kier molecular flexibility index (Phi) is 5.61. The molecule has 0 spiro atoms. The molecule has 138 valence electrons. The van der Waals surface area contributed by atoms with Crippen LogP contribution in [0.5, 0.6) is 5.75 Å². The van der Waals surface area contributed by atoms with E-state index in [1.165, 1.54) is 18.2 Å². The van der Waals surface area contributed by atoms with Crippen LogP contribution in [0.2, 0.25) is 5.02 Å². The number of nitrogens with zero attached hydrogens (tertiary/aromatic N) is 1. The first-order chi connectivity index (χ1) is 12.4. The molecule has 0 atom stereocenters. The second-order valence-electron chi connectivity index (χ2n) is 6.30. The predicted molar refractivity (Wildman–Crippen MR) is 95.1 cm³/mol. The molecule has 0 radical (unpaired) electrons. The zero-order valence-electron chi connectivity index (χ0n) is 14.3. The Morgan fingerprint density at radius 1 is 1.35 bits per heavy atom. The van der Waals surface area contributed by atoms with Gasteiger partial charge in [-0.25, -0.2) is 9.18 Å². The summed E-state index contributed by atoms with van der Waals surface area (Å²) in [6.07, 6.45) is 1.12. The molecular weight excluding hydrogens is 361 g/mol. The number of ether oxygens (including phenoxy) is 1. The lowest BCUT2D eigenvalue weighted by Crippen LogP contribution is -2.42. The van der Waals surface area contributed by atoms with Crippen LogP contribution in [0.3, 0.4) is 0 Å². The Morgan fingerprint density at radius 3 is 2.73 bits per heavy atom. The largest absolute Gasteiger partial charge is 0.490 e. The number of rotatable bonds is 4. The molecular formula is C19H19ClFNO4. The van der Waals surface area contributed by atoms with Gasteiger partial charge in [0, 0.05) is 42.6 Å². The van der Waals surface area contributed by atoms with E-state index in [1.807, 2.05) is 0 Å². The second-order valence-corrected chi connectivity index (χ2v) is 6.70. The number of hydrogen-bond acceptors (Lipinski definition) is 4. The number of benzene rings is 1. The van der Waals surface area contributed by atoms with Crippen LogP contribution in [0.4, 0.5) is 4.39 Å². The Hall–Kier alpha value is -2.34. The van der Waals surface area contributed by atoms with E-state index in [0.717, 1.165) is 0 Å². The third kappa shape index (κ3) is 4.43. The molecule has 1 aliphatic rings. The van der Waals surface area contributed by atoms with E-state index >= 15 is 0 Å². The van der Waals surface area contributed by atoms with Crippen LogP contribution in [-0.4, -0.2) is 30.0 Å². The number of halogens is 2. The highest BCUT2D eigenvalue weighted by Gasteiger charge is 2.25. The normalized spacial score (nSPS) is 15.1. The van der Waals surface area contributed by atoms with Crippen molar-refractivity contribution in [1.29, 1.82) is 0 Å². The van der Waals surface area contributed by atoms with Crippen LogP contribution in [0.25, 0.3) is 0 Å². The molecule has 3 rings (SSSR count). The van der Waals surface area contributed by atoms with Crippen molar-refractivity contribution in [2.75, 3.05) is 13.1 Å². The zero-order valence-corrected chi connectivity index (χ0v) is 15.1. The maximum atomic E-state index is 13.8. The number of likely N-dealkylation sites (tertiary alicyclic amines) is 1. The predicted octanol–water partition coefficient (Wildman–Crippen LogP) is 3.35. The molecule has 2 aromatic rings. The van der Waals surface area contributed by atoms with Crippen molar-refractivity contribution in [2.24, 2.45) is 0 Å². The molecule has 1 fully saturated rings. The van der Waals surface area contributed by atoms with E-state index < -0.39 is 11.4 Å². The number of piperidine rings is 1. The summed E-state index contributed by atoms with van der Waals surface area (Å²) in [7, 11) is 0. The molecule has 0 aliphatic carbocycles. The number of carbonyl (C=O) groups is 1. The van der Waals surface area contributed by atoms with Gasteiger partial charge in [0.2, 0.25) is 5.91 Å². The Labute approximate surface area is 155 Å². The summed E-state index contributed by atoms with van der Waals surface area (Å²) in [5, 5.41) is 0.259. The Balaban J connectivity index is 1.56. The van der Waals surface area contributed by atoms with Crippen molar-refractivity contribution in [3.05, 3.63) is 62.9 Å². The number of carbonyl (C=O) groups excluding carboxylic acids is 1. The molecule has 1 amide bonds. The minimum Gasteiger partial charge on any atom is -0.490 e. The summed E-state index contributed by atoms with van der Waals surface area (Å²) in [5.74, 6) is 0.331. The van der Waals surface area contributed by atoms with Gasteiger partial charge < -0.3 is 14.1 Å². The smallest absolute Gasteiger partial charge is 0.339 e. The van der Waals surface area contributed by atoms with Gasteiger partial charge in [0.25, 0.3) is 0 Å². The molecule has 0 unspecified atom stereocenters. The SMILES string of the molecule is Cc1cc(OC2CCN(C(=O)Cc3c(F)cccc3Cl)CC2)cc(=O)o1. The first kappa shape index (κ1) is 18.5. The first-order valence-electron chi connectivity index (χ1n) is 8.41. The molecule has 7 heteroatoms. The monoisotopic (exact) mass is 379 g/mol. The molecule has 0 saturated carbocycles. The van der Waals surface area contributed by atoms with Gasteiger partial charge in [-0.2, -0.15) is 0 Å². The van der Waals surface area contributed by atoms with Crippen LogP contribution in [0.1, 0.15) is 24.2 Å². The van der Waals surface area contributed by atoms with Crippen molar-refractivity contribution in [1.82, 2.24) is 4.90 Å². The molecule has 1 aromatic carbocycles.